The molecule has 2 heterocycles. The van der Waals surface area contributed by atoms with E-state index in [1.807, 2.05) is 49.2 Å². The Morgan fingerprint density at radius 2 is 2.00 bits per heavy atom. The molecule has 27 heavy (non-hydrogen) atoms. The molecule has 0 aliphatic rings. The second-order valence-electron chi connectivity index (χ2n) is 6.58. The Labute approximate surface area is 161 Å². The number of nitrogens with zero attached hydrogens (tertiary/aromatic N) is 4. The highest BCUT2D eigenvalue weighted by molar-refractivity contribution is 7.98. The maximum absolute atomic E-state index is 12.9. The van der Waals surface area contributed by atoms with Crippen molar-refractivity contribution in [3.63, 3.8) is 0 Å². The monoisotopic (exact) mass is 385 g/mol. The van der Waals surface area contributed by atoms with Crippen LogP contribution in [0.4, 0.5) is 5.69 Å². The first-order valence-electron chi connectivity index (χ1n) is 8.82. The molecule has 1 aromatic carbocycles. The number of amides is 1. The van der Waals surface area contributed by atoms with E-state index in [-0.39, 0.29) is 23.6 Å². The SMILES string of the molecule is CSCCC(C(=O)Nc1ccc2nnn(C(C)C)c(=O)c2c1)n1cccc1. The summed E-state index contributed by atoms with van der Waals surface area (Å²) in [6.45, 7) is 3.75. The van der Waals surface area contributed by atoms with Crippen LogP contribution in [0, 0.1) is 0 Å². The van der Waals surface area contributed by atoms with Gasteiger partial charge in [0.15, 0.2) is 0 Å². The Kier molecular flexibility index (Phi) is 5.95. The van der Waals surface area contributed by atoms with Crippen molar-refractivity contribution in [2.45, 2.75) is 32.4 Å². The molecule has 2 aromatic heterocycles. The summed E-state index contributed by atoms with van der Waals surface area (Å²) in [6.07, 6.45) is 6.53. The first-order chi connectivity index (χ1) is 13.0. The summed E-state index contributed by atoms with van der Waals surface area (Å²) < 4.78 is 3.25. The van der Waals surface area contributed by atoms with Crippen molar-refractivity contribution in [1.29, 1.82) is 0 Å². The molecule has 0 radical (unpaired) electrons. The quantitative estimate of drug-likeness (QED) is 0.676. The van der Waals surface area contributed by atoms with Crippen molar-refractivity contribution in [3.05, 3.63) is 53.1 Å². The number of benzene rings is 1. The topological polar surface area (TPSA) is 81.8 Å². The highest BCUT2D eigenvalue weighted by atomic mass is 32.2. The highest BCUT2D eigenvalue weighted by Crippen LogP contribution is 2.20. The first kappa shape index (κ1) is 19.2. The van der Waals surface area contributed by atoms with Crippen molar-refractivity contribution >= 4 is 34.3 Å². The van der Waals surface area contributed by atoms with Gasteiger partial charge >= 0.3 is 0 Å². The van der Waals surface area contributed by atoms with Crippen LogP contribution in [-0.4, -0.2) is 37.5 Å². The third kappa shape index (κ3) is 4.21. The molecule has 142 valence electrons. The predicted octanol–water partition coefficient (Wildman–Crippen LogP) is 3.11. The highest BCUT2D eigenvalue weighted by Gasteiger charge is 2.20. The van der Waals surface area contributed by atoms with Crippen LogP contribution in [0.2, 0.25) is 0 Å². The van der Waals surface area contributed by atoms with Crippen LogP contribution in [0.3, 0.4) is 0 Å². The number of hydrogen-bond acceptors (Lipinski definition) is 5. The van der Waals surface area contributed by atoms with Gasteiger partial charge in [0.25, 0.3) is 5.56 Å². The van der Waals surface area contributed by atoms with Gasteiger partial charge in [-0.25, -0.2) is 4.68 Å². The maximum Gasteiger partial charge on any atom is 0.277 e. The molecular weight excluding hydrogens is 362 g/mol. The summed E-state index contributed by atoms with van der Waals surface area (Å²) in [6, 6.07) is 8.55. The summed E-state index contributed by atoms with van der Waals surface area (Å²) in [7, 11) is 0. The van der Waals surface area contributed by atoms with Gasteiger partial charge in [0.1, 0.15) is 11.6 Å². The van der Waals surface area contributed by atoms with Gasteiger partial charge in [-0.05, 0) is 62.6 Å². The zero-order valence-corrected chi connectivity index (χ0v) is 16.4. The van der Waals surface area contributed by atoms with Gasteiger partial charge in [-0.1, -0.05) is 5.21 Å². The van der Waals surface area contributed by atoms with Crippen LogP contribution in [0.25, 0.3) is 10.9 Å². The van der Waals surface area contributed by atoms with Crippen molar-refractivity contribution in [1.82, 2.24) is 19.6 Å². The molecule has 3 rings (SSSR count). The van der Waals surface area contributed by atoms with E-state index in [1.165, 1.54) is 4.68 Å². The molecule has 3 aromatic rings. The minimum atomic E-state index is -0.300. The smallest absolute Gasteiger partial charge is 0.277 e. The summed E-state index contributed by atoms with van der Waals surface area (Å²) in [5.41, 5.74) is 0.879. The Bertz CT molecular complexity index is 981. The number of carbonyl (C=O) groups excluding carboxylic acids is 1. The van der Waals surface area contributed by atoms with E-state index in [0.717, 1.165) is 12.2 Å². The van der Waals surface area contributed by atoms with Gasteiger partial charge < -0.3 is 9.88 Å². The van der Waals surface area contributed by atoms with Gasteiger partial charge in [-0.2, -0.15) is 11.8 Å². The molecule has 0 bridgehead atoms. The van der Waals surface area contributed by atoms with E-state index in [2.05, 4.69) is 15.6 Å². The molecule has 1 atom stereocenters. The number of anilines is 1. The van der Waals surface area contributed by atoms with Gasteiger partial charge in [0.05, 0.1) is 11.4 Å². The largest absolute Gasteiger partial charge is 0.342 e. The third-order valence-electron chi connectivity index (χ3n) is 4.33. The number of nitrogens with one attached hydrogen (secondary N) is 1. The van der Waals surface area contributed by atoms with Crippen LogP contribution >= 0.6 is 11.8 Å². The Morgan fingerprint density at radius 1 is 1.26 bits per heavy atom. The molecule has 8 heteroatoms. The number of hydrogen-bond donors (Lipinski definition) is 1. The van der Waals surface area contributed by atoms with E-state index in [4.69, 9.17) is 0 Å². The van der Waals surface area contributed by atoms with E-state index in [0.29, 0.717) is 16.6 Å². The van der Waals surface area contributed by atoms with Gasteiger partial charge in [0.2, 0.25) is 5.91 Å². The molecule has 1 amide bonds. The van der Waals surface area contributed by atoms with Gasteiger partial charge in [-0.15, -0.1) is 5.10 Å². The van der Waals surface area contributed by atoms with E-state index < -0.39 is 0 Å². The fourth-order valence-corrected chi connectivity index (χ4v) is 3.36. The first-order valence-corrected chi connectivity index (χ1v) is 10.2. The molecule has 0 aliphatic carbocycles. The second-order valence-corrected chi connectivity index (χ2v) is 7.57. The fraction of sp³-hybridized carbons (Fsp3) is 0.368. The van der Waals surface area contributed by atoms with Crippen molar-refractivity contribution in [2.75, 3.05) is 17.3 Å². The Balaban J connectivity index is 1.89. The number of rotatable bonds is 7. The fourth-order valence-electron chi connectivity index (χ4n) is 2.90. The summed E-state index contributed by atoms with van der Waals surface area (Å²) in [5.74, 6) is 0.772. The number of thioether (sulfide) groups is 1. The minimum Gasteiger partial charge on any atom is -0.342 e. The van der Waals surface area contributed by atoms with Crippen molar-refractivity contribution < 1.29 is 4.79 Å². The van der Waals surface area contributed by atoms with Crippen LogP contribution in [0.1, 0.15) is 32.4 Å². The summed E-state index contributed by atoms with van der Waals surface area (Å²) in [5, 5.41) is 11.4. The number of carbonyl (C=O) groups is 1. The lowest BCUT2D eigenvalue weighted by Gasteiger charge is -2.18. The van der Waals surface area contributed by atoms with Crippen molar-refractivity contribution in [2.24, 2.45) is 0 Å². The molecule has 1 unspecified atom stereocenters. The number of fused-ring (bicyclic) bond motifs is 1. The molecule has 0 saturated heterocycles. The Hall–Kier alpha value is -2.61. The zero-order chi connectivity index (χ0) is 19.4. The average Bonchev–Trinajstić information content (AvgIpc) is 3.17. The van der Waals surface area contributed by atoms with Crippen LogP contribution in [-0.2, 0) is 4.79 Å². The molecule has 1 N–H and O–H groups in total. The molecule has 0 spiro atoms. The standard InChI is InChI=1S/C19H23N5O2S/c1-13(2)24-19(26)15-12-14(6-7-16(15)21-22-24)20-18(25)17(8-11-27-3)23-9-4-5-10-23/h4-7,9-10,12-13,17H,8,11H2,1-3H3,(H,20,25). The van der Waals surface area contributed by atoms with Crippen LogP contribution < -0.4 is 10.9 Å². The van der Waals surface area contributed by atoms with E-state index in [9.17, 15) is 9.59 Å². The molecule has 0 saturated carbocycles. The minimum absolute atomic E-state index is 0.0858. The van der Waals surface area contributed by atoms with Crippen LogP contribution in [0.15, 0.2) is 47.5 Å². The van der Waals surface area contributed by atoms with Crippen molar-refractivity contribution in [3.8, 4) is 0 Å². The molecular formula is C19H23N5O2S. The Morgan fingerprint density at radius 3 is 2.67 bits per heavy atom. The maximum atomic E-state index is 12.9. The van der Waals surface area contributed by atoms with Gasteiger partial charge in [-0.3, -0.25) is 9.59 Å². The summed E-state index contributed by atoms with van der Waals surface area (Å²) in [4.78, 5) is 25.5. The summed E-state index contributed by atoms with van der Waals surface area (Å²) >= 11 is 1.71. The molecule has 0 aliphatic heterocycles. The lowest BCUT2D eigenvalue weighted by Crippen LogP contribution is -2.27. The second kappa shape index (κ2) is 8.39. The van der Waals surface area contributed by atoms with E-state index >= 15 is 0 Å². The van der Waals surface area contributed by atoms with Gasteiger partial charge in [0, 0.05) is 18.1 Å². The lowest BCUT2D eigenvalue weighted by atomic mass is 10.1. The lowest BCUT2D eigenvalue weighted by molar-refractivity contribution is -0.119. The predicted molar refractivity (Wildman–Crippen MR) is 109 cm³/mol. The van der Waals surface area contributed by atoms with E-state index in [1.54, 1.807) is 30.0 Å². The average molecular weight is 385 g/mol. The normalized spacial score (nSPS) is 12.4. The molecule has 0 fully saturated rings. The van der Waals surface area contributed by atoms with Crippen LogP contribution in [0.5, 0.6) is 0 Å². The zero-order valence-electron chi connectivity index (χ0n) is 15.6. The number of aromatic nitrogens is 4. The third-order valence-corrected chi connectivity index (χ3v) is 4.97. The molecule has 7 nitrogen and oxygen atoms in total.